The molecule has 0 fully saturated rings. The zero-order valence-electron chi connectivity index (χ0n) is 43.6. The Balaban J connectivity index is 4.09. The van der Waals surface area contributed by atoms with Gasteiger partial charge in [-0.25, -0.2) is 0 Å². The molecule has 0 N–H and O–H groups in total. The first-order chi connectivity index (χ1) is 33.0. The second-order valence-electron chi connectivity index (χ2n) is 18.1. The molecule has 1 atom stereocenters. The van der Waals surface area contributed by atoms with Gasteiger partial charge in [0.1, 0.15) is 13.2 Å². The van der Waals surface area contributed by atoms with Gasteiger partial charge in [0, 0.05) is 19.3 Å². The lowest BCUT2D eigenvalue weighted by Crippen LogP contribution is -2.30. The highest BCUT2D eigenvalue weighted by Gasteiger charge is 2.19. The lowest BCUT2D eigenvalue weighted by atomic mass is 10.0. The molecule has 0 saturated heterocycles. The number of carbonyl (C=O) groups is 3. The Labute approximate surface area is 413 Å². The summed E-state index contributed by atoms with van der Waals surface area (Å²) in [4.78, 5) is 37.7. The summed E-state index contributed by atoms with van der Waals surface area (Å²) in [5.41, 5.74) is 0. The molecule has 0 aliphatic rings. The molecule has 0 saturated carbocycles. The van der Waals surface area contributed by atoms with Crippen LogP contribution in [0.5, 0.6) is 0 Å². The van der Waals surface area contributed by atoms with Crippen molar-refractivity contribution >= 4 is 17.9 Å². The normalized spacial score (nSPS) is 12.8. The summed E-state index contributed by atoms with van der Waals surface area (Å²) in [5, 5.41) is 0. The van der Waals surface area contributed by atoms with Crippen LogP contribution in [0.3, 0.4) is 0 Å². The van der Waals surface area contributed by atoms with Crippen LogP contribution in [0.4, 0.5) is 0 Å². The molecular weight excluding hydrogens is 829 g/mol. The van der Waals surface area contributed by atoms with E-state index in [2.05, 4.69) is 118 Å². The second kappa shape index (κ2) is 54.9. The summed E-state index contributed by atoms with van der Waals surface area (Å²) < 4.78 is 16.7. The molecule has 0 aliphatic carbocycles. The highest BCUT2D eigenvalue weighted by molar-refractivity contribution is 5.71. The van der Waals surface area contributed by atoms with Crippen molar-refractivity contribution in [2.45, 2.75) is 258 Å². The van der Waals surface area contributed by atoms with Crippen molar-refractivity contribution in [3.63, 3.8) is 0 Å². The highest BCUT2D eigenvalue weighted by Crippen LogP contribution is 2.15. The fraction of sp³-hybridized carbons (Fsp3) is 0.689. The molecule has 6 heteroatoms. The molecule has 0 radical (unpaired) electrons. The van der Waals surface area contributed by atoms with E-state index in [1.54, 1.807) is 0 Å². The molecule has 0 aromatic rings. The minimum Gasteiger partial charge on any atom is -0.462 e. The first-order valence-corrected chi connectivity index (χ1v) is 27.7. The molecule has 6 nitrogen and oxygen atoms in total. The van der Waals surface area contributed by atoms with Crippen LogP contribution in [0, 0.1) is 0 Å². The largest absolute Gasteiger partial charge is 0.462 e. The van der Waals surface area contributed by atoms with Crippen LogP contribution < -0.4 is 0 Å². The molecule has 0 heterocycles. The van der Waals surface area contributed by atoms with Crippen LogP contribution in [-0.2, 0) is 28.6 Å². The third kappa shape index (κ3) is 53.2. The predicted molar refractivity (Wildman–Crippen MR) is 288 cm³/mol. The third-order valence-corrected chi connectivity index (χ3v) is 11.6. The van der Waals surface area contributed by atoms with Gasteiger partial charge in [-0.15, -0.1) is 0 Å². The van der Waals surface area contributed by atoms with E-state index in [1.807, 2.05) is 0 Å². The summed E-state index contributed by atoms with van der Waals surface area (Å²) >= 11 is 0. The van der Waals surface area contributed by atoms with E-state index >= 15 is 0 Å². The molecule has 0 bridgehead atoms. The summed E-state index contributed by atoms with van der Waals surface area (Å²) in [7, 11) is 0. The molecule has 0 rings (SSSR count). The summed E-state index contributed by atoms with van der Waals surface area (Å²) in [6, 6.07) is 0. The van der Waals surface area contributed by atoms with E-state index in [1.165, 1.54) is 83.5 Å². The van der Waals surface area contributed by atoms with Gasteiger partial charge in [-0.3, -0.25) is 14.4 Å². The average molecular weight is 931 g/mol. The van der Waals surface area contributed by atoms with E-state index in [4.69, 9.17) is 14.2 Å². The van der Waals surface area contributed by atoms with Crippen LogP contribution in [0.25, 0.3) is 0 Å². The minimum absolute atomic E-state index is 0.0874. The maximum atomic E-state index is 12.7. The topological polar surface area (TPSA) is 78.9 Å². The Hall–Kier alpha value is -3.67. The van der Waals surface area contributed by atoms with Crippen molar-refractivity contribution < 1.29 is 28.6 Å². The van der Waals surface area contributed by atoms with Gasteiger partial charge < -0.3 is 14.2 Å². The van der Waals surface area contributed by atoms with Crippen molar-refractivity contribution in [2.75, 3.05) is 13.2 Å². The third-order valence-electron chi connectivity index (χ3n) is 11.6. The number of allylic oxidation sites excluding steroid dienone is 16. The molecular formula is C61H102O6. The highest BCUT2D eigenvalue weighted by atomic mass is 16.6. The molecule has 1 unspecified atom stereocenters. The number of unbranched alkanes of at least 4 members (excludes halogenated alkanes) is 22. The fourth-order valence-corrected chi connectivity index (χ4v) is 7.48. The van der Waals surface area contributed by atoms with E-state index in [0.29, 0.717) is 19.3 Å². The molecule has 382 valence electrons. The van der Waals surface area contributed by atoms with Crippen molar-refractivity contribution in [1.82, 2.24) is 0 Å². The van der Waals surface area contributed by atoms with Gasteiger partial charge >= 0.3 is 17.9 Å². The van der Waals surface area contributed by atoms with Gasteiger partial charge in [0.15, 0.2) is 6.10 Å². The Morgan fingerprint density at radius 2 is 0.582 bits per heavy atom. The van der Waals surface area contributed by atoms with Crippen molar-refractivity contribution in [3.8, 4) is 0 Å². The predicted octanol–water partition coefficient (Wildman–Crippen LogP) is 18.5. The minimum atomic E-state index is -0.786. The van der Waals surface area contributed by atoms with E-state index < -0.39 is 6.10 Å². The Morgan fingerprint density at radius 3 is 0.910 bits per heavy atom. The van der Waals surface area contributed by atoms with E-state index in [9.17, 15) is 14.4 Å². The number of ether oxygens (including phenoxy) is 3. The van der Waals surface area contributed by atoms with Crippen LogP contribution >= 0.6 is 0 Å². The number of rotatable bonds is 49. The van der Waals surface area contributed by atoms with Crippen molar-refractivity contribution in [3.05, 3.63) is 97.2 Å². The Morgan fingerprint density at radius 1 is 0.313 bits per heavy atom. The first kappa shape index (κ1) is 63.3. The maximum Gasteiger partial charge on any atom is 0.306 e. The van der Waals surface area contributed by atoms with Crippen LogP contribution in [0.1, 0.15) is 252 Å². The molecule has 0 amide bonds. The smallest absolute Gasteiger partial charge is 0.306 e. The van der Waals surface area contributed by atoms with Crippen LogP contribution in [0.2, 0.25) is 0 Å². The number of hydrogen-bond acceptors (Lipinski definition) is 6. The van der Waals surface area contributed by atoms with Crippen LogP contribution in [-0.4, -0.2) is 37.2 Å². The number of hydrogen-bond donors (Lipinski definition) is 0. The van der Waals surface area contributed by atoms with Crippen molar-refractivity contribution in [1.29, 1.82) is 0 Å². The van der Waals surface area contributed by atoms with Gasteiger partial charge in [-0.05, 0) is 96.3 Å². The maximum absolute atomic E-state index is 12.7. The van der Waals surface area contributed by atoms with Gasteiger partial charge in [0.25, 0.3) is 0 Å². The standard InChI is InChI=1S/C61H102O6/c1-4-7-10-13-15-17-19-21-23-25-26-27-28-29-30-31-32-33-34-36-37-39-41-43-45-48-51-54-60(63)66-57-58(56-65-59(62)53-50-47-12-9-6-3)67-61(64)55-52-49-46-44-42-40-38-35-24-22-20-18-16-14-11-8-5-2/h7-8,10-11,15-18,21-24,26-27,38,40,58H,4-6,9,12-14,19-20,25,28-37,39,41-57H2,1-3H3/b10-7-,11-8-,17-15-,18-16-,23-21-,24-22-,27-26-,40-38-. The summed E-state index contributed by atoms with van der Waals surface area (Å²) in [6.45, 7) is 6.31. The second-order valence-corrected chi connectivity index (χ2v) is 18.1. The van der Waals surface area contributed by atoms with Crippen LogP contribution in [0.15, 0.2) is 97.2 Å². The number of esters is 3. The van der Waals surface area contributed by atoms with Gasteiger partial charge in [-0.2, -0.15) is 0 Å². The SMILES string of the molecule is CC/C=C\C/C=C\C/C=C\C/C=C\CCCCCCCCCCCCCCCCC(=O)OCC(COC(=O)CCCCCCC)OC(=O)CCCCCC/C=C\C/C=C\C/C=C\C/C=C\CC. The van der Waals surface area contributed by atoms with Gasteiger partial charge in [0.2, 0.25) is 0 Å². The van der Waals surface area contributed by atoms with E-state index in [0.717, 1.165) is 128 Å². The quantitative estimate of drug-likeness (QED) is 0.0262. The molecule has 0 aliphatic heterocycles. The first-order valence-electron chi connectivity index (χ1n) is 27.7. The molecule has 0 spiro atoms. The zero-order chi connectivity index (χ0) is 48.6. The molecule has 67 heavy (non-hydrogen) atoms. The van der Waals surface area contributed by atoms with Crippen molar-refractivity contribution in [2.24, 2.45) is 0 Å². The van der Waals surface area contributed by atoms with E-state index in [-0.39, 0.29) is 31.1 Å². The van der Waals surface area contributed by atoms with Gasteiger partial charge in [0.05, 0.1) is 0 Å². The average Bonchev–Trinajstić information content (AvgIpc) is 3.33. The fourth-order valence-electron chi connectivity index (χ4n) is 7.48. The van der Waals surface area contributed by atoms with Gasteiger partial charge in [-0.1, -0.05) is 234 Å². The molecule has 0 aromatic carbocycles. The summed E-state index contributed by atoms with van der Waals surface area (Å²) in [5.74, 6) is -0.926. The lowest BCUT2D eigenvalue weighted by molar-refractivity contribution is -0.167. The zero-order valence-corrected chi connectivity index (χ0v) is 43.6. The molecule has 0 aromatic heterocycles. The summed E-state index contributed by atoms with van der Waals surface area (Å²) in [6.07, 6.45) is 73.0. The lowest BCUT2D eigenvalue weighted by Gasteiger charge is -2.18. The monoisotopic (exact) mass is 931 g/mol. The number of carbonyl (C=O) groups excluding carboxylic acids is 3. The Bertz CT molecular complexity index is 1350. The Kier molecular flexibility index (Phi) is 51.9.